The highest BCUT2D eigenvalue weighted by Crippen LogP contribution is 2.02. The fourth-order valence-corrected chi connectivity index (χ4v) is 1.23. The number of unbranched alkanes of at least 4 members (excludes halogenated alkanes) is 4. The zero-order valence-electron chi connectivity index (χ0n) is 11.1. The minimum absolute atomic E-state index is 0.0853. The molecule has 0 saturated carbocycles. The fraction of sp³-hybridized carbons (Fsp3) is 0.600. The highest BCUT2D eigenvalue weighted by atomic mass is 16.5. The molecule has 0 saturated heterocycles. The first kappa shape index (κ1) is 16.8. The molecule has 0 unspecified atom stereocenters. The van der Waals surface area contributed by atoms with Gasteiger partial charge in [-0.1, -0.05) is 44.1 Å². The third-order valence-corrected chi connectivity index (χ3v) is 2.26. The Labute approximate surface area is 110 Å². The van der Waals surface area contributed by atoms with E-state index in [1.54, 1.807) is 6.08 Å². The molecular formula is C15H24O3. The van der Waals surface area contributed by atoms with Crippen molar-refractivity contribution in [3.63, 3.8) is 0 Å². The zero-order chi connectivity index (χ0) is 13.5. The molecular weight excluding hydrogens is 228 g/mol. The molecule has 0 aromatic carbocycles. The van der Waals surface area contributed by atoms with Gasteiger partial charge >= 0.3 is 0 Å². The quantitative estimate of drug-likeness (QED) is 0.376. The third kappa shape index (κ3) is 12.8. The van der Waals surface area contributed by atoms with E-state index in [9.17, 15) is 0 Å². The van der Waals surface area contributed by atoms with Crippen LogP contribution in [0.15, 0.2) is 24.5 Å². The van der Waals surface area contributed by atoms with E-state index in [2.05, 4.69) is 24.8 Å². The zero-order valence-corrected chi connectivity index (χ0v) is 11.1. The summed E-state index contributed by atoms with van der Waals surface area (Å²) in [5.41, 5.74) is 0. The molecule has 0 radical (unpaired) electrons. The van der Waals surface area contributed by atoms with Gasteiger partial charge in [0, 0.05) is 6.08 Å². The van der Waals surface area contributed by atoms with Gasteiger partial charge in [0.2, 0.25) is 0 Å². The number of aliphatic hydroxyl groups excluding tert-OH is 2. The smallest absolute Gasteiger partial charge is 0.115 e. The van der Waals surface area contributed by atoms with E-state index in [0.717, 1.165) is 6.42 Å². The van der Waals surface area contributed by atoms with Crippen LogP contribution < -0.4 is 0 Å². The van der Waals surface area contributed by atoms with Gasteiger partial charge in [-0.3, -0.25) is 0 Å². The molecule has 2 N–H and O–H groups in total. The Bertz CT molecular complexity index is 284. The molecule has 0 fully saturated rings. The molecule has 0 aliphatic carbocycles. The SMILES string of the molecule is CCCCCCC=CC#CC=COC[C@@H](O)CO. The van der Waals surface area contributed by atoms with Gasteiger partial charge in [0.25, 0.3) is 0 Å². The first-order valence-electron chi connectivity index (χ1n) is 6.52. The molecule has 3 heteroatoms. The lowest BCUT2D eigenvalue weighted by Crippen LogP contribution is -2.17. The molecule has 0 heterocycles. The summed E-state index contributed by atoms with van der Waals surface area (Å²) in [6.07, 6.45) is 12.2. The van der Waals surface area contributed by atoms with Gasteiger partial charge in [-0.15, -0.1) is 0 Å². The Morgan fingerprint density at radius 2 is 1.94 bits per heavy atom. The van der Waals surface area contributed by atoms with Crippen molar-refractivity contribution in [3.05, 3.63) is 24.5 Å². The van der Waals surface area contributed by atoms with E-state index in [4.69, 9.17) is 14.9 Å². The van der Waals surface area contributed by atoms with Crippen LogP contribution in [0.4, 0.5) is 0 Å². The molecule has 0 spiro atoms. The van der Waals surface area contributed by atoms with E-state index in [0.29, 0.717) is 0 Å². The van der Waals surface area contributed by atoms with E-state index < -0.39 is 6.10 Å². The Morgan fingerprint density at radius 1 is 1.17 bits per heavy atom. The normalized spacial score (nSPS) is 12.6. The largest absolute Gasteiger partial charge is 0.498 e. The molecule has 3 nitrogen and oxygen atoms in total. The monoisotopic (exact) mass is 252 g/mol. The molecule has 0 bridgehead atoms. The number of hydrogen-bond donors (Lipinski definition) is 2. The number of aliphatic hydroxyl groups is 2. The van der Waals surface area contributed by atoms with Gasteiger partial charge in [-0.2, -0.15) is 0 Å². The van der Waals surface area contributed by atoms with Crippen LogP contribution in [-0.4, -0.2) is 29.5 Å². The lowest BCUT2D eigenvalue weighted by atomic mass is 10.1. The summed E-state index contributed by atoms with van der Waals surface area (Å²) >= 11 is 0. The summed E-state index contributed by atoms with van der Waals surface area (Å²) in [5, 5.41) is 17.5. The maximum absolute atomic E-state index is 8.96. The maximum atomic E-state index is 8.96. The fourth-order valence-electron chi connectivity index (χ4n) is 1.23. The number of hydrogen-bond acceptors (Lipinski definition) is 3. The van der Waals surface area contributed by atoms with E-state index in [1.807, 2.05) is 6.08 Å². The average molecular weight is 252 g/mol. The molecule has 0 aliphatic rings. The van der Waals surface area contributed by atoms with Gasteiger partial charge in [0.15, 0.2) is 0 Å². The molecule has 0 aromatic heterocycles. The van der Waals surface area contributed by atoms with Crippen LogP contribution in [0.3, 0.4) is 0 Å². The van der Waals surface area contributed by atoms with Gasteiger partial charge in [-0.25, -0.2) is 0 Å². The highest BCUT2D eigenvalue weighted by Gasteiger charge is 1.98. The van der Waals surface area contributed by atoms with Crippen LogP contribution in [0.25, 0.3) is 0 Å². The lowest BCUT2D eigenvalue weighted by molar-refractivity contribution is 0.0385. The summed E-state index contributed by atoms with van der Waals surface area (Å²) < 4.78 is 4.94. The van der Waals surface area contributed by atoms with E-state index >= 15 is 0 Å². The Morgan fingerprint density at radius 3 is 2.67 bits per heavy atom. The molecule has 102 valence electrons. The van der Waals surface area contributed by atoms with Crippen molar-refractivity contribution >= 4 is 0 Å². The number of ether oxygens (including phenoxy) is 1. The van der Waals surface area contributed by atoms with Crippen molar-refractivity contribution in [1.29, 1.82) is 0 Å². The Hall–Kier alpha value is -1.24. The molecule has 1 atom stereocenters. The highest BCUT2D eigenvalue weighted by molar-refractivity contribution is 5.22. The minimum atomic E-state index is -0.828. The van der Waals surface area contributed by atoms with Crippen LogP contribution in [0.5, 0.6) is 0 Å². The first-order chi connectivity index (χ1) is 8.81. The Balaban J connectivity index is 3.47. The Kier molecular flexibility index (Phi) is 12.9. The van der Waals surface area contributed by atoms with Gasteiger partial charge in [0.1, 0.15) is 12.7 Å². The van der Waals surface area contributed by atoms with Crippen molar-refractivity contribution in [2.24, 2.45) is 0 Å². The van der Waals surface area contributed by atoms with Crippen LogP contribution in [-0.2, 0) is 4.74 Å². The standard InChI is InChI=1S/C15H24O3/c1-2-3-4-5-6-7-8-9-10-11-12-18-14-15(17)13-16/h7-8,11-12,15-17H,2-6,13-14H2,1H3/t15-/m0/s1. The van der Waals surface area contributed by atoms with Crippen LogP contribution in [0, 0.1) is 11.8 Å². The molecule has 0 amide bonds. The maximum Gasteiger partial charge on any atom is 0.115 e. The van der Waals surface area contributed by atoms with E-state index in [-0.39, 0.29) is 13.2 Å². The van der Waals surface area contributed by atoms with Gasteiger partial charge in [-0.05, 0) is 18.9 Å². The molecule has 18 heavy (non-hydrogen) atoms. The second kappa shape index (κ2) is 13.8. The summed E-state index contributed by atoms with van der Waals surface area (Å²) in [7, 11) is 0. The predicted octanol–water partition coefficient (Wildman–Crippen LogP) is 2.40. The van der Waals surface area contributed by atoms with Crippen LogP contribution >= 0.6 is 0 Å². The number of allylic oxidation sites excluding steroid dienone is 3. The predicted molar refractivity (Wildman–Crippen MR) is 73.9 cm³/mol. The second-order valence-electron chi connectivity index (χ2n) is 4.01. The first-order valence-corrected chi connectivity index (χ1v) is 6.52. The van der Waals surface area contributed by atoms with Crippen molar-refractivity contribution in [2.75, 3.05) is 13.2 Å². The van der Waals surface area contributed by atoms with Crippen molar-refractivity contribution in [2.45, 2.75) is 45.1 Å². The van der Waals surface area contributed by atoms with Crippen molar-refractivity contribution in [3.8, 4) is 11.8 Å². The van der Waals surface area contributed by atoms with Gasteiger partial charge < -0.3 is 14.9 Å². The van der Waals surface area contributed by atoms with Crippen LogP contribution in [0.2, 0.25) is 0 Å². The second-order valence-corrected chi connectivity index (χ2v) is 4.01. The summed E-state index contributed by atoms with van der Waals surface area (Å²) in [4.78, 5) is 0. The molecule has 0 aliphatic heterocycles. The van der Waals surface area contributed by atoms with Gasteiger partial charge in [0.05, 0.1) is 12.9 Å². The third-order valence-electron chi connectivity index (χ3n) is 2.26. The minimum Gasteiger partial charge on any atom is -0.498 e. The average Bonchev–Trinajstić information content (AvgIpc) is 2.39. The summed E-state index contributed by atoms with van der Waals surface area (Å²) in [6.45, 7) is 2.00. The number of rotatable bonds is 9. The van der Waals surface area contributed by atoms with Crippen LogP contribution in [0.1, 0.15) is 39.0 Å². The van der Waals surface area contributed by atoms with Crippen molar-refractivity contribution < 1.29 is 14.9 Å². The summed E-state index contributed by atoms with van der Waals surface area (Å²) in [6, 6.07) is 0. The van der Waals surface area contributed by atoms with Crippen molar-refractivity contribution in [1.82, 2.24) is 0 Å². The summed E-state index contributed by atoms with van der Waals surface area (Å²) in [5.74, 6) is 5.66. The molecule has 0 aromatic rings. The lowest BCUT2D eigenvalue weighted by Gasteiger charge is -2.04. The molecule has 0 rings (SSSR count). The topological polar surface area (TPSA) is 49.7 Å². The van der Waals surface area contributed by atoms with E-state index in [1.165, 1.54) is 31.9 Å².